The Morgan fingerprint density at radius 2 is 1.19 bits per heavy atom. The molecule has 1 saturated carbocycles. The van der Waals surface area contributed by atoms with Crippen molar-refractivity contribution in [2.75, 3.05) is 0 Å². The summed E-state index contributed by atoms with van der Waals surface area (Å²) in [7, 11) is 0. The Bertz CT molecular complexity index is 344. The van der Waals surface area contributed by atoms with Crippen molar-refractivity contribution < 1.29 is 0 Å². The van der Waals surface area contributed by atoms with Gasteiger partial charge in [0.05, 0.1) is 21.4 Å². The van der Waals surface area contributed by atoms with Crippen LogP contribution in [0.1, 0.15) is 47.0 Å². The van der Waals surface area contributed by atoms with Crippen LogP contribution in [0.15, 0.2) is 9.98 Å². The average Bonchev–Trinajstić information content (AvgIpc) is 1.97. The van der Waals surface area contributed by atoms with Crippen molar-refractivity contribution in [1.82, 2.24) is 0 Å². The monoisotopic (exact) mass is 254 g/mol. The molecule has 0 aromatic rings. The van der Waals surface area contributed by atoms with Crippen LogP contribution in [0.5, 0.6) is 0 Å². The standard InChI is InChI=1S/C12H18N2S2/c1-10(2)5-11(3,13-8-15)7-12(4,6-10)14-9-16/h5-7H2,1-4H3. The normalized spacial score (nSPS) is 37.0. The van der Waals surface area contributed by atoms with E-state index in [-0.39, 0.29) is 16.5 Å². The molecule has 0 aromatic heterocycles. The maximum Gasteiger partial charge on any atom is 0.0711 e. The quantitative estimate of drug-likeness (QED) is 0.551. The molecule has 88 valence electrons. The van der Waals surface area contributed by atoms with Gasteiger partial charge in [-0.05, 0) is 63.0 Å². The van der Waals surface area contributed by atoms with Crippen LogP contribution in [-0.4, -0.2) is 21.4 Å². The summed E-state index contributed by atoms with van der Waals surface area (Å²) in [6.45, 7) is 8.70. The highest BCUT2D eigenvalue weighted by molar-refractivity contribution is 7.78. The molecule has 2 nitrogen and oxygen atoms in total. The van der Waals surface area contributed by atoms with Crippen molar-refractivity contribution in [3.63, 3.8) is 0 Å². The molecule has 0 aromatic carbocycles. The van der Waals surface area contributed by atoms with Gasteiger partial charge in [-0.3, -0.25) is 0 Å². The van der Waals surface area contributed by atoms with Gasteiger partial charge in [0.15, 0.2) is 0 Å². The second-order valence-electron chi connectivity index (χ2n) is 6.09. The second-order valence-corrected chi connectivity index (χ2v) is 6.46. The van der Waals surface area contributed by atoms with Gasteiger partial charge in [-0.2, -0.15) is 0 Å². The second kappa shape index (κ2) is 4.46. The molecule has 1 aliphatic carbocycles. The van der Waals surface area contributed by atoms with Crippen LogP contribution in [0, 0.1) is 5.41 Å². The van der Waals surface area contributed by atoms with E-state index in [1.807, 2.05) is 0 Å². The summed E-state index contributed by atoms with van der Waals surface area (Å²) in [6.07, 6.45) is 2.87. The summed E-state index contributed by atoms with van der Waals surface area (Å²) in [5, 5.41) is 5.03. The van der Waals surface area contributed by atoms with Crippen molar-refractivity contribution in [2.24, 2.45) is 15.4 Å². The maximum absolute atomic E-state index is 4.74. The minimum Gasteiger partial charge on any atom is -0.226 e. The molecule has 0 bridgehead atoms. The SMILES string of the molecule is CC1(C)CC(C)(N=C=S)CC(C)(N=C=S)C1. The lowest BCUT2D eigenvalue weighted by molar-refractivity contribution is 0.102. The summed E-state index contributed by atoms with van der Waals surface area (Å²) >= 11 is 9.47. The Morgan fingerprint density at radius 3 is 1.50 bits per heavy atom. The van der Waals surface area contributed by atoms with Crippen molar-refractivity contribution in [3.8, 4) is 0 Å². The number of rotatable bonds is 2. The highest BCUT2D eigenvalue weighted by Gasteiger charge is 2.47. The molecule has 0 heterocycles. The van der Waals surface area contributed by atoms with E-state index in [0.717, 1.165) is 19.3 Å². The van der Waals surface area contributed by atoms with E-state index in [1.165, 1.54) is 0 Å². The Labute approximate surface area is 108 Å². The molecule has 1 rings (SSSR count). The first-order valence-electron chi connectivity index (χ1n) is 5.42. The van der Waals surface area contributed by atoms with E-state index in [1.54, 1.807) is 0 Å². The molecular weight excluding hydrogens is 236 g/mol. The lowest BCUT2D eigenvalue weighted by Crippen LogP contribution is -2.47. The molecule has 0 N–H and O–H groups in total. The van der Waals surface area contributed by atoms with E-state index in [4.69, 9.17) is 24.4 Å². The van der Waals surface area contributed by atoms with E-state index in [2.05, 4.69) is 48.0 Å². The summed E-state index contributed by atoms with van der Waals surface area (Å²) in [6, 6.07) is 0. The predicted octanol–water partition coefficient (Wildman–Crippen LogP) is 3.92. The molecule has 16 heavy (non-hydrogen) atoms. The van der Waals surface area contributed by atoms with Gasteiger partial charge in [-0.1, -0.05) is 13.8 Å². The third-order valence-corrected chi connectivity index (χ3v) is 3.29. The highest BCUT2D eigenvalue weighted by atomic mass is 32.1. The van der Waals surface area contributed by atoms with E-state index >= 15 is 0 Å². The third-order valence-electron chi connectivity index (χ3n) is 3.11. The average molecular weight is 254 g/mol. The van der Waals surface area contributed by atoms with Crippen molar-refractivity contribution in [3.05, 3.63) is 0 Å². The minimum atomic E-state index is -0.173. The molecule has 0 saturated heterocycles. The zero-order valence-electron chi connectivity index (χ0n) is 10.3. The van der Waals surface area contributed by atoms with Gasteiger partial charge in [0.25, 0.3) is 0 Å². The highest BCUT2D eigenvalue weighted by Crippen LogP contribution is 2.48. The Hall–Kier alpha value is -0.400. The fourth-order valence-corrected chi connectivity index (χ4v) is 3.89. The number of hydrogen-bond donors (Lipinski definition) is 0. The van der Waals surface area contributed by atoms with Crippen LogP contribution >= 0.6 is 24.4 Å². The molecule has 0 amide bonds. The summed E-state index contributed by atoms with van der Waals surface area (Å²) in [5.41, 5.74) is -0.158. The number of hydrogen-bond acceptors (Lipinski definition) is 4. The van der Waals surface area contributed by atoms with Gasteiger partial charge in [-0.25, -0.2) is 9.98 Å². The molecule has 0 spiro atoms. The molecule has 2 unspecified atom stereocenters. The van der Waals surface area contributed by atoms with Crippen LogP contribution in [0.25, 0.3) is 0 Å². The molecule has 4 heteroatoms. The van der Waals surface area contributed by atoms with Gasteiger partial charge in [0.2, 0.25) is 0 Å². The van der Waals surface area contributed by atoms with Gasteiger partial charge in [0.1, 0.15) is 0 Å². The van der Waals surface area contributed by atoms with E-state index in [0.29, 0.717) is 0 Å². The largest absolute Gasteiger partial charge is 0.226 e. The fraction of sp³-hybridized carbons (Fsp3) is 0.833. The number of nitrogens with zero attached hydrogens (tertiary/aromatic N) is 2. The number of thiocarbonyl (C=S) groups is 2. The summed E-state index contributed by atoms with van der Waals surface area (Å²) < 4.78 is 0. The number of aliphatic imine (C=N–C) groups is 2. The Balaban J connectivity index is 3.11. The Kier molecular flexibility index (Phi) is 3.81. The zero-order valence-corrected chi connectivity index (χ0v) is 12.0. The topological polar surface area (TPSA) is 24.7 Å². The molecule has 1 aliphatic rings. The predicted molar refractivity (Wildman–Crippen MR) is 74.5 cm³/mol. The lowest BCUT2D eigenvalue weighted by Gasteiger charge is -2.47. The first-order chi connectivity index (χ1) is 7.24. The van der Waals surface area contributed by atoms with Crippen molar-refractivity contribution >= 4 is 34.8 Å². The Morgan fingerprint density at radius 1 is 0.812 bits per heavy atom. The molecular formula is C12H18N2S2. The summed E-state index contributed by atoms with van der Waals surface area (Å²) in [4.78, 5) is 8.66. The molecule has 2 atom stereocenters. The summed E-state index contributed by atoms with van der Waals surface area (Å²) in [5.74, 6) is 0. The van der Waals surface area contributed by atoms with Crippen LogP contribution in [-0.2, 0) is 0 Å². The number of isothiocyanates is 2. The van der Waals surface area contributed by atoms with Crippen molar-refractivity contribution in [2.45, 2.75) is 58.0 Å². The smallest absolute Gasteiger partial charge is 0.0711 e. The molecule has 1 fully saturated rings. The van der Waals surface area contributed by atoms with Gasteiger partial charge in [0, 0.05) is 0 Å². The molecule has 0 radical (unpaired) electrons. The van der Waals surface area contributed by atoms with Crippen LogP contribution in [0.4, 0.5) is 0 Å². The van der Waals surface area contributed by atoms with E-state index in [9.17, 15) is 0 Å². The first-order valence-corrected chi connectivity index (χ1v) is 6.24. The van der Waals surface area contributed by atoms with Crippen molar-refractivity contribution in [1.29, 1.82) is 0 Å². The molecule has 0 aliphatic heterocycles. The van der Waals surface area contributed by atoms with Gasteiger partial charge in [-0.15, -0.1) is 0 Å². The van der Waals surface area contributed by atoms with Crippen LogP contribution < -0.4 is 0 Å². The first kappa shape index (κ1) is 13.7. The minimum absolute atomic E-state index is 0.173. The fourth-order valence-electron chi connectivity index (χ4n) is 3.45. The van der Waals surface area contributed by atoms with Crippen LogP contribution in [0.2, 0.25) is 0 Å². The van der Waals surface area contributed by atoms with E-state index < -0.39 is 0 Å². The third kappa shape index (κ3) is 3.29. The van der Waals surface area contributed by atoms with Crippen LogP contribution in [0.3, 0.4) is 0 Å². The van der Waals surface area contributed by atoms with Gasteiger partial charge < -0.3 is 0 Å². The zero-order chi connectivity index (χ0) is 12.4. The van der Waals surface area contributed by atoms with Gasteiger partial charge >= 0.3 is 0 Å². The lowest BCUT2D eigenvalue weighted by atomic mass is 9.62. The maximum atomic E-state index is 4.74.